The van der Waals surface area contributed by atoms with Gasteiger partial charge in [0.15, 0.2) is 16.6 Å². The molecule has 0 bridgehead atoms. The highest BCUT2D eigenvalue weighted by Gasteiger charge is 2.14. The molecule has 0 fully saturated rings. The summed E-state index contributed by atoms with van der Waals surface area (Å²) < 4.78 is 10.7. The van der Waals surface area contributed by atoms with Gasteiger partial charge in [0.25, 0.3) is 0 Å². The van der Waals surface area contributed by atoms with Crippen molar-refractivity contribution < 1.29 is 9.47 Å². The highest BCUT2D eigenvalue weighted by molar-refractivity contribution is 7.80. The summed E-state index contributed by atoms with van der Waals surface area (Å²) in [7, 11) is 0. The zero-order valence-electron chi connectivity index (χ0n) is 12.6. The van der Waals surface area contributed by atoms with E-state index >= 15 is 0 Å². The molecule has 1 heterocycles. The molecule has 2 aromatic rings. The van der Waals surface area contributed by atoms with Gasteiger partial charge in [0.05, 0.1) is 0 Å². The van der Waals surface area contributed by atoms with E-state index < -0.39 is 0 Å². The summed E-state index contributed by atoms with van der Waals surface area (Å²) in [5, 5.41) is 6.98. The van der Waals surface area contributed by atoms with E-state index in [2.05, 4.69) is 30.5 Å². The molecule has 5 heteroatoms. The highest BCUT2D eigenvalue weighted by Crippen LogP contribution is 2.34. The van der Waals surface area contributed by atoms with Crippen molar-refractivity contribution in [1.82, 2.24) is 0 Å². The zero-order valence-corrected chi connectivity index (χ0v) is 13.4. The van der Waals surface area contributed by atoms with Crippen LogP contribution >= 0.6 is 12.2 Å². The number of anilines is 2. The van der Waals surface area contributed by atoms with Gasteiger partial charge in [-0.2, -0.15) is 0 Å². The Morgan fingerprint density at radius 3 is 2.64 bits per heavy atom. The number of thiocarbonyl (C=S) groups is 1. The van der Waals surface area contributed by atoms with Crippen molar-refractivity contribution >= 4 is 28.7 Å². The normalized spacial score (nSPS) is 12.3. The number of fused-ring (bicyclic) bond motifs is 1. The summed E-state index contributed by atoms with van der Waals surface area (Å²) in [6, 6.07) is 13.8. The number of nitrogens with one attached hydrogen (secondary N) is 2. The van der Waals surface area contributed by atoms with Crippen LogP contribution in [0.3, 0.4) is 0 Å². The third-order valence-electron chi connectivity index (χ3n) is 3.46. The van der Waals surface area contributed by atoms with Gasteiger partial charge < -0.3 is 20.1 Å². The first-order valence-corrected chi connectivity index (χ1v) is 7.61. The van der Waals surface area contributed by atoms with Gasteiger partial charge in [-0.05, 0) is 41.9 Å². The van der Waals surface area contributed by atoms with Crippen molar-refractivity contribution in [3.8, 4) is 11.5 Å². The first-order valence-electron chi connectivity index (χ1n) is 7.20. The van der Waals surface area contributed by atoms with Crippen molar-refractivity contribution in [3.05, 3.63) is 48.0 Å². The molecule has 0 aromatic heterocycles. The monoisotopic (exact) mass is 314 g/mol. The van der Waals surface area contributed by atoms with E-state index in [0.717, 1.165) is 22.9 Å². The second-order valence-electron chi connectivity index (χ2n) is 5.39. The third-order valence-corrected chi connectivity index (χ3v) is 3.67. The second-order valence-corrected chi connectivity index (χ2v) is 5.80. The molecule has 0 radical (unpaired) electrons. The van der Waals surface area contributed by atoms with Gasteiger partial charge in [0.2, 0.25) is 6.79 Å². The average Bonchev–Trinajstić information content (AvgIpc) is 2.95. The number of hydrogen-bond acceptors (Lipinski definition) is 3. The van der Waals surface area contributed by atoms with Crippen LogP contribution in [0.5, 0.6) is 11.5 Å². The lowest BCUT2D eigenvalue weighted by atomic mass is 10.0. The van der Waals surface area contributed by atoms with E-state index in [1.165, 1.54) is 5.56 Å². The number of ether oxygens (including phenoxy) is 2. The Bertz CT molecular complexity index is 701. The van der Waals surface area contributed by atoms with Crippen molar-refractivity contribution in [1.29, 1.82) is 0 Å². The summed E-state index contributed by atoms with van der Waals surface area (Å²) in [5.41, 5.74) is 3.12. The molecule has 0 aliphatic carbocycles. The minimum atomic E-state index is 0.267. The van der Waals surface area contributed by atoms with Crippen LogP contribution in [0.15, 0.2) is 42.5 Å². The molecule has 22 heavy (non-hydrogen) atoms. The van der Waals surface area contributed by atoms with Crippen LogP contribution in [0, 0.1) is 0 Å². The minimum Gasteiger partial charge on any atom is -0.454 e. The summed E-state index contributed by atoms with van der Waals surface area (Å²) in [5.74, 6) is 1.92. The largest absolute Gasteiger partial charge is 0.454 e. The fourth-order valence-electron chi connectivity index (χ4n) is 2.37. The van der Waals surface area contributed by atoms with Gasteiger partial charge in [-0.1, -0.05) is 32.0 Å². The molecule has 4 nitrogen and oxygen atoms in total. The maximum Gasteiger partial charge on any atom is 0.231 e. The van der Waals surface area contributed by atoms with Gasteiger partial charge in [0, 0.05) is 17.4 Å². The van der Waals surface area contributed by atoms with Crippen molar-refractivity contribution in [2.75, 3.05) is 17.4 Å². The highest BCUT2D eigenvalue weighted by atomic mass is 32.1. The molecular formula is C17H18N2O2S. The lowest BCUT2D eigenvalue weighted by Gasteiger charge is -2.16. The molecule has 0 atom stereocenters. The minimum absolute atomic E-state index is 0.267. The zero-order chi connectivity index (χ0) is 15.5. The maximum atomic E-state index is 5.40. The van der Waals surface area contributed by atoms with E-state index in [9.17, 15) is 0 Å². The van der Waals surface area contributed by atoms with Crippen molar-refractivity contribution in [2.24, 2.45) is 0 Å². The second kappa shape index (κ2) is 6.23. The Hall–Kier alpha value is -2.27. The number of hydrogen-bond donors (Lipinski definition) is 2. The van der Waals surface area contributed by atoms with Crippen molar-refractivity contribution in [2.45, 2.75) is 19.8 Å². The fourth-order valence-corrected chi connectivity index (χ4v) is 2.60. The van der Waals surface area contributed by atoms with Crippen LogP contribution in [-0.4, -0.2) is 11.9 Å². The van der Waals surface area contributed by atoms with Crippen LogP contribution in [0.25, 0.3) is 0 Å². The Kier molecular flexibility index (Phi) is 4.15. The SMILES string of the molecule is CC(C)c1ccccc1NC(=S)Nc1ccc2c(c1)OCO2. The van der Waals surface area contributed by atoms with E-state index in [1.807, 2.05) is 36.4 Å². The van der Waals surface area contributed by atoms with Gasteiger partial charge in [0.1, 0.15) is 0 Å². The fraction of sp³-hybridized carbons (Fsp3) is 0.235. The number of para-hydroxylation sites is 1. The maximum absolute atomic E-state index is 5.40. The van der Waals surface area contributed by atoms with Crippen LogP contribution in [0.2, 0.25) is 0 Å². The topological polar surface area (TPSA) is 42.5 Å². The first-order chi connectivity index (χ1) is 10.6. The Morgan fingerprint density at radius 1 is 1.05 bits per heavy atom. The lowest BCUT2D eigenvalue weighted by Crippen LogP contribution is -2.20. The average molecular weight is 314 g/mol. The van der Waals surface area contributed by atoms with Gasteiger partial charge in [-0.15, -0.1) is 0 Å². The Morgan fingerprint density at radius 2 is 1.82 bits per heavy atom. The molecule has 0 saturated heterocycles. The summed E-state index contributed by atoms with van der Waals surface area (Å²) >= 11 is 5.40. The van der Waals surface area contributed by atoms with Crippen LogP contribution in [0.1, 0.15) is 25.3 Å². The van der Waals surface area contributed by atoms with Gasteiger partial charge in [-0.25, -0.2) is 0 Å². The van der Waals surface area contributed by atoms with E-state index in [0.29, 0.717) is 11.0 Å². The first kappa shape index (κ1) is 14.7. The Balaban J connectivity index is 1.71. The molecule has 2 N–H and O–H groups in total. The lowest BCUT2D eigenvalue weighted by molar-refractivity contribution is 0.174. The molecule has 0 saturated carbocycles. The van der Waals surface area contributed by atoms with Gasteiger partial charge in [-0.3, -0.25) is 0 Å². The van der Waals surface area contributed by atoms with Crippen LogP contribution in [-0.2, 0) is 0 Å². The quantitative estimate of drug-likeness (QED) is 0.825. The van der Waals surface area contributed by atoms with Crippen molar-refractivity contribution in [3.63, 3.8) is 0 Å². The van der Waals surface area contributed by atoms with E-state index in [1.54, 1.807) is 0 Å². The molecular weight excluding hydrogens is 296 g/mol. The number of benzene rings is 2. The van der Waals surface area contributed by atoms with Gasteiger partial charge >= 0.3 is 0 Å². The van der Waals surface area contributed by atoms with E-state index in [4.69, 9.17) is 21.7 Å². The molecule has 1 aliphatic heterocycles. The predicted octanol–water partition coefficient (Wildman–Crippen LogP) is 4.35. The van der Waals surface area contributed by atoms with E-state index in [-0.39, 0.29) is 6.79 Å². The van der Waals surface area contributed by atoms with Crippen LogP contribution in [0.4, 0.5) is 11.4 Å². The molecule has 3 rings (SSSR count). The molecule has 0 unspecified atom stereocenters. The Labute approximate surface area is 135 Å². The molecule has 2 aromatic carbocycles. The molecule has 114 valence electrons. The molecule has 0 amide bonds. The smallest absolute Gasteiger partial charge is 0.231 e. The summed E-state index contributed by atoms with van der Waals surface area (Å²) in [6.07, 6.45) is 0. The number of rotatable bonds is 3. The standard InChI is InChI=1S/C17H18N2O2S/c1-11(2)13-5-3-4-6-14(13)19-17(22)18-12-7-8-15-16(9-12)21-10-20-15/h3-9,11H,10H2,1-2H3,(H2,18,19,22). The molecule has 0 spiro atoms. The predicted molar refractivity (Wildman–Crippen MR) is 92.9 cm³/mol. The summed E-state index contributed by atoms with van der Waals surface area (Å²) in [6.45, 7) is 4.59. The van der Waals surface area contributed by atoms with Crippen LogP contribution < -0.4 is 20.1 Å². The summed E-state index contributed by atoms with van der Waals surface area (Å²) in [4.78, 5) is 0. The third kappa shape index (κ3) is 3.14. The molecule has 1 aliphatic rings.